The van der Waals surface area contributed by atoms with Crippen molar-refractivity contribution in [2.75, 3.05) is 13.2 Å². The Morgan fingerprint density at radius 3 is 1.09 bits per heavy atom. The predicted molar refractivity (Wildman–Crippen MR) is 67.5 cm³/mol. The number of hydrogen-bond donors (Lipinski definition) is 8. The molecular formula is C12H22O10. The third-order valence-corrected chi connectivity index (χ3v) is 4.18. The molecule has 2 rings (SSSR count). The van der Waals surface area contributed by atoms with Gasteiger partial charge in [-0.15, -0.1) is 0 Å². The zero-order chi connectivity index (χ0) is 16.6. The second-order valence-electron chi connectivity index (χ2n) is 5.59. The van der Waals surface area contributed by atoms with Gasteiger partial charge in [-0.05, 0) is 0 Å². The van der Waals surface area contributed by atoms with Gasteiger partial charge in [-0.2, -0.15) is 0 Å². The van der Waals surface area contributed by atoms with E-state index in [-0.39, 0.29) is 0 Å². The Labute approximate surface area is 125 Å². The Morgan fingerprint density at radius 1 is 0.500 bits per heavy atom. The molecule has 10 heteroatoms. The van der Waals surface area contributed by atoms with Gasteiger partial charge in [0.2, 0.25) is 0 Å². The molecule has 2 fully saturated rings. The summed E-state index contributed by atoms with van der Waals surface area (Å²) >= 11 is 0. The van der Waals surface area contributed by atoms with Crippen LogP contribution in [0, 0.1) is 0 Å². The lowest BCUT2D eigenvalue weighted by atomic mass is 9.86. The molecule has 8 N–H and O–H groups in total. The van der Waals surface area contributed by atoms with Crippen LogP contribution >= 0.6 is 0 Å². The summed E-state index contributed by atoms with van der Waals surface area (Å²) in [5.74, 6) is 0. The van der Waals surface area contributed by atoms with Crippen molar-refractivity contribution in [2.24, 2.45) is 0 Å². The molecule has 2 aliphatic rings. The fraction of sp³-hybridized carbons (Fsp3) is 1.00. The standard InChI is InChI=1S/C12H22O10/c13-1-3-5(15)7(17)9(19)11(21-3)12-10(20)8(18)6(16)4(2-14)22-12/h3-20H,1-2H2/t3-,4-,5-,6-,7+,8+,9-,10-,11+,12?/m1/s1. The number of aliphatic hydroxyl groups is 8. The smallest absolute Gasteiger partial charge is 0.115 e. The molecule has 2 heterocycles. The molecule has 130 valence electrons. The molecule has 0 aromatic carbocycles. The molecule has 0 aliphatic carbocycles. The number of rotatable bonds is 3. The van der Waals surface area contributed by atoms with Crippen LogP contribution in [0.1, 0.15) is 0 Å². The number of hydrogen-bond acceptors (Lipinski definition) is 10. The van der Waals surface area contributed by atoms with Crippen molar-refractivity contribution in [3.8, 4) is 0 Å². The van der Waals surface area contributed by atoms with Crippen LogP contribution in [0.15, 0.2) is 0 Å². The summed E-state index contributed by atoms with van der Waals surface area (Å²) in [6.45, 7) is -1.31. The predicted octanol–water partition coefficient (Wildman–Crippen LogP) is -5.33. The molecule has 22 heavy (non-hydrogen) atoms. The minimum absolute atomic E-state index is 0.654. The summed E-state index contributed by atoms with van der Waals surface area (Å²) in [6, 6.07) is 0. The molecule has 0 aromatic rings. The second-order valence-corrected chi connectivity index (χ2v) is 5.59. The molecule has 10 atom stereocenters. The first-order valence-electron chi connectivity index (χ1n) is 6.94. The molecule has 0 saturated carbocycles. The third-order valence-electron chi connectivity index (χ3n) is 4.18. The van der Waals surface area contributed by atoms with Gasteiger partial charge in [-0.3, -0.25) is 0 Å². The van der Waals surface area contributed by atoms with Crippen molar-refractivity contribution in [3.05, 3.63) is 0 Å². The van der Waals surface area contributed by atoms with Gasteiger partial charge < -0.3 is 50.3 Å². The SMILES string of the molecule is OC[C@H]1O[C@H](C2O[C@H](CO)[C@@H](O)[C@H](O)[C@H]2O)[C@H](O)[C@@H](O)[C@@H]1O. The summed E-state index contributed by atoms with van der Waals surface area (Å²) < 4.78 is 10.5. The Hall–Kier alpha value is -0.400. The zero-order valence-corrected chi connectivity index (χ0v) is 11.6. The first-order valence-corrected chi connectivity index (χ1v) is 6.94. The lowest BCUT2D eigenvalue weighted by Gasteiger charge is -2.48. The highest BCUT2D eigenvalue weighted by Crippen LogP contribution is 2.31. The molecule has 1 unspecified atom stereocenters. The lowest BCUT2D eigenvalue weighted by Crippen LogP contribution is -2.68. The monoisotopic (exact) mass is 326 g/mol. The highest BCUT2D eigenvalue weighted by atomic mass is 16.6. The average Bonchev–Trinajstić information content (AvgIpc) is 2.52. The number of aliphatic hydroxyl groups excluding tert-OH is 8. The van der Waals surface area contributed by atoms with E-state index in [4.69, 9.17) is 19.7 Å². The van der Waals surface area contributed by atoms with Gasteiger partial charge >= 0.3 is 0 Å². The molecule has 0 amide bonds. The first kappa shape index (κ1) is 17.9. The van der Waals surface area contributed by atoms with E-state index in [1.165, 1.54) is 0 Å². The summed E-state index contributed by atoms with van der Waals surface area (Å²) in [5.41, 5.74) is 0. The van der Waals surface area contributed by atoms with Crippen molar-refractivity contribution in [1.82, 2.24) is 0 Å². The van der Waals surface area contributed by atoms with Crippen molar-refractivity contribution in [2.45, 2.75) is 61.0 Å². The van der Waals surface area contributed by atoms with Crippen molar-refractivity contribution >= 4 is 0 Å². The van der Waals surface area contributed by atoms with Crippen LogP contribution in [0.4, 0.5) is 0 Å². The lowest BCUT2D eigenvalue weighted by molar-refractivity contribution is -0.302. The highest BCUT2D eigenvalue weighted by Gasteiger charge is 2.53. The van der Waals surface area contributed by atoms with Crippen LogP contribution < -0.4 is 0 Å². The van der Waals surface area contributed by atoms with Crippen LogP contribution in [0.5, 0.6) is 0 Å². The van der Waals surface area contributed by atoms with Crippen LogP contribution in [0.25, 0.3) is 0 Å². The minimum atomic E-state index is -1.67. The van der Waals surface area contributed by atoms with Gasteiger partial charge in [0.15, 0.2) is 0 Å². The van der Waals surface area contributed by atoms with Gasteiger partial charge in [0.25, 0.3) is 0 Å². The Balaban J connectivity index is 2.21. The van der Waals surface area contributed by atoms with Crippen LogP contribution in [0.3, 0.4) is 0 Å². The van der Waals surface area contributed by atoms with Gasteiger partial charge in [-0.25, -0.2) is 0 Å². The second kappa shape index (κ2) is 7.01. The third kappa shape index (κ3) is 2.99. The van der Waals surface area contributed by atoms with E-state index in [9.17, 15) is 30.6 Å². The summed E-state index contributed by atoms with van der Waals surface area (Å²) in [6.07, 6.45) is -15.0. The summed E-state index contributed by atoms with van der Waals surface area (Å²) in [5, 5.41) is 77.1. The fourth-order valence-corrected chi connectivity index (χ4v) is 2.80. The molecule has 0 spiro atoms. The van der Waals surface area contributed by atoms with E-state index in [2.05, 4.69) is 0 Å². The van der Waals surface area contributed by atoms with E-state index in [1.54, 1.807) is 0 Å². The van der Waals surface area contributed by atoms with Crippen molar-refractivity contribution in [3.63, 3.8) is 0 Å². The molecule has 0 radical (unpaired) electrons. The van der Waals surface area contributed by atoms with Crippen LogP contribution in [-0.2, 0) is 9.47 Å². The van der Waals surface area contributed by atoms with Crippen molar-refractivity contribution < 1.29 is 50.3 Å². The Morgan fingerprint density at radius 2 is 0.818 bits per heavy atom. The normalized spacial score (nSPS) is 53.5. The van der Waals surface area contributed by atoms with Crippen molar-refractivity contribution in [1.29, 1.82) is 0 Å². The largest absolute Gasteiger partial charge is 0.394 e. The van der Waals surface area contributed by atoms with Gasteiger partial charge in [0.05, 0.1) is 13.2 Å². The van der Waals surface area contributed by atoms with Gasteiger partial charge in [0.1, 0.15) is 61.0 Å². The van der Waals surface area contributed by atoms with E-state index >= 15 is 0 Å². The maximum atomic E-state index is 9.99. The fourth-order valence-electron chi connectivity index (χ4n) is 2.80. The van der Waals surface area contributed by atoms with Gasteiger partial charge in [-0.1, -0.05) is 0 Å². The maximum Gasteiger partial charge on any atom is 0.115 e. The Bertz CT molecular complexity index is 330. The summed E-state index contributed by atoms with van der Waals surface area (Å²) in [4.78, 5) is 0. The quantitative estimate of drug-likeness (QED) is 0.249. The van der Waals surface area contributed by atoms with Crippen LogP contribution in [-0.4, -0.2) is 115 Å². The van der Waals surface area contributed by atoms with E-state index < -0.39 is 74.3 Å². The topological polar surface area (TPSA) is 180 Å². The zero-order valence-electron chi connectivity index (χ0n) is 11.6. The maximum absolute atomic E-state index is 9.99. The van der Waals surface area contributed by atoms with E-state index in [0.29, 0.717) is 0 Å². The van der Waals surface area contributed by atoms with Gasteiger partial charge in [0, 0.05) is 0 Å². The van der Waals surface area contributed by atoms with Crippen LogP contribution in [0.2, 0.25) is 0 Å². The van der Waals surface area contributed by atoms with E-state index in [0.717, 1.165) is 0 Å². The molecule has 2 aliphatic heterocycles. The average molecular weight is 326 g/mol. The van der Waals surface area contributed by atoms with E-state index in [1.807, 2.05) is 0 Å². The minimum Gasteiger partial charge on any atom is -0.394 e. The Kier molecular flexibility index (Phi) is 5.72. The molecule has 0 bridgehead atoms. The molecular weight excluding hydrogens is 304 g/mol. The number of ether oxygens (including phenoxy) is 2. The summed E-state index contributed by atoms with van der Waals surface area (Å²) in [7, 11) is 0. The molecule has 10 nitrogen and oxygen atoms in total. The first-order chi connectivity index (χ1) is 10.3. The molecule has 0 aromatic heterocycles. The molecule has 2 saturated heterocycles. The highest BCUT2D eigenvalue weighted by molar-refractivity contribution is 5.02.